The van der Waals surface area contributed by atoms with Crippen molar-refractivity contribution in [2.24, 2.45) is 0 Å². The van der Waals surface area contributed by atoms with Gasteiger partial charge in [0, 0.05) is 5.02 Å². The van der Waals surface area contributed by atoms with Crippen molar-refractivity contribution >= 4 is 11.6 Å². The first-order valence-corrected chi connectivity index (χ1v) is 5.57. The Hall–Kier alpha value is -0.570. The highest BCUT2D eigenvalue weighted by atomic mass is 35.5. The molecule has 2 nitrogen and oxygen atoms in total. The topological polar surface area (TPSA) is 29.5 Å². The molecule has 1 aromatic carbocycles. The van der Waals surface area contributed by atoms with Gasteiger partial charge in [-0.25, -0.2) is 0 Å². The van der Waals surface area contributed by atoms with Crippen LogP contribution in [-0.2, 0) is 11.3 Å². The first-order valence-electron chi connectivity index (χ1n) is 5.20. The van der Waals surface area contributed by atoms with Gasteiger partial charge in [0.1, 0.15) is 0 Å². The molecule has 2 rings (SSSR count). The number of aliphatic hydroxyl groups excluding tert-OH is 1. The Labute approximate surface area is 94.8 Å². The van der Waals surface area contributed by atoms with Crippen molar-refractivity contribution in [1.82, 2.24) is 0 Å². The number of benzene rings is 1. The van der Waals surface area contributed by atoms with Gasteiger partial charge in [-0.3, -0.25) is 0 Å². The van der Waals surface area contributed by atoms with E-state index in [9.17, 15) is 0 Å². The summed E-state index contributed by atoms with van der Waals surface area (Å²) in [5.74, 6) is 0. The minimum Gasteiger partial charge on any atom is -0.393 e. The Morgan fingerprint density at radius 1 is 1.47 bits per heavy atom. The number of halogens is 1. The molecule has 0 radical (unpaired) electrons. The number of ether oxygens (including phenoxy) is 1. The van der Waals surface area contributed by atoms with E-state index in [1.165, 1.54) is 0 Å². The molecule has 0 spiro atoms. The molecule has 1 saturated carbocycles. The molecule has 0 saturated heterocycles. The molecule has 1 fully saturated rings. The van der Waals surface area contributed by atoms with Crippen LogP contribution in [0.15, 0.2) is 18.2 Å². The number of rotatable bonds is 3. The highest BCUT2D eigenvalue weighted by molar-refractivity contribution is 6.31. The molecule has 0 amide bonds. The van der Waals surface area contributed by atoms with E-state index < -0.39 is 0 Å². The van der Waals surface area contributed by atoms with E-state index in [1.807, 2.05) is 25.1 Å². The molecular weight excluding hydrogens is 212 g/mol. The zero-order valence-corrected chi connectivity index (χ0v) is 9.50. The lowest BCUT2D eigenvalue weighted by Gasteiger charge is -2.31. The quantitative estimate of drug-likeness (QED) is 0.859. The number of hydrogen-bond acceptors (Lipinski definition) is 2. The average molecular weight is 227 g/mol. The molecule has 0 aliphatic heterocycles. The first-order chi connectivity index (χ1) is 7.15. The van der Waals surface area contributed by atoms with Crippen LogP contribution in [0.3, 0.4) is 0 Å². The maximum absolute atomic E-state index is 9.09. The Balaban J connectivity index is 1.86. The zero-order valence-electron chi connectivity index (χ0n) is 8.74. The summed E-state index contributed by atoms with van der Waals surface area (Å²) in [5, 5.41) is 9.88. The summed E-state index contributed by atoms with van der Waals surface area (Å²) in [6, 6.07) is 5.96. The standard InChI is InChI=1S/C12H15ClO2/c1-8-2-3-9(4-12(8)13)7-15-11-5-10(14)6-11/h2-4,10-11,14H,5-7H2,1H3/t10-,11+. The van der Waals surface area contributed by atoms with Crippen molar-refractivity contribution in [3.63, 3.8) is 0 Å². The summed E-state index contributed by atoms with van der Waals surface area (Å²) in [5.41, 5.74) is 2.17. The molecule has 0 aromatic heterocycles. The van der Waals surface area contributed by atoms with Crippen molar-refractivity contribution < 1.29 is 9.84 Å². The molecule has 1 aliphatic rings. The highest BCUT2D eigenvalue weighted by Gasteiger charge is 2.27. The Kier molecular flexibility index (Phi) is 3.29. The molecule has 1 aromatic rings. The van der Waals surface area contributed by atoms with E-state index in [2.05, 4.69) is 0 Å². The number of hydrogen-bond donors (Lipinski definition) is 1. The van der Waals surface area contributed by atoms with Gasteiger partial charge >= 0.3 is 0 Å². The first kappa shape index (κ1) is 10.9. The normalized spacial score (nSPS) is 25.0. The van der Waals surface area contributed by atoms with Crippen molar-refractivity contribution in [2.75, 3.05) is 0 Å². The molecule has 1 aliphatic carbocycles. The Morgan fingerprint density at radius 3 is 2.80 bits per heavy atom. The molecule has 82 valence electrons. The van der Waals surface area contributed by atoms with Gasteiger partial charge in [-0.2, -0.15) is 0 Å². The molecule has 0 atom stereocenters. The maximum atomic E-state index is 9.09. The van der Waals surface area contributed by atoms with Crippen LogP contribution in [-0.4, -0.2) is 17.3 Å². The largest absolute Gasteiger partial charge is 0.393 e. The van der Waals surface area contributed by atoms with Crippen LogP contribution in [0, 0.1) is 6.92 Å². The van der Waals surface area contributed by atoms with Gasteiger partial charge < -0.3 is 9.84 Å². The number of aryl methyl sites for hydroxylation is 1. The predicted molar refractivity (Wildman–Crippen MR) is 60.0 cm³/mol. The Bertz CT molecular complexity index is 345. The van der Waals surface area contributed by atoms with Crippen molar-refractivity contribution in [2.45, 2.75) is 38.6 Å². The van der Waals surface area contributed by atoms with Crippen LogP contribution in [0.4, 0.5) is 0 Å². The third kappa shape index (κ3) is 2.71. The highest BCUT2D eigenvalue weighted by Crippen LogP contribution is 2.25. The second kappa shape index (κ2) is 4.52. The van der Waals surface area contributed by atoms with Crippen molar-refractivity contribution in [3.05, 3.63) is 34.3 Å². The fourth-order valence-corrected chi connectivity index (χ4v) is 1.82. The van der Waals surface area contributed by atoms with Gasteiger partial charge in [-0.05, 0) is 37.0 Å². The van der Waals surface area contributed by atoms with E-state index in [4.69, 9.17) is 21.4 Å². The summed E-state index contributed by atoms with van der Waals surface area (Å²) in [6.07, 6.45) is 1.59. The SMILES string of the molecule is Cc1ccc(CO[C@H]2C[C@@H](O)C2)cc1Cl. The maximum Gasteiger partial charge on any atom is 0.0721 e. The van der Waals surface area contributed by atoms with Crippen LogP contribution in [0.5, 0.6) is 0 Å². The van der Waals surface area contributed by atoms with Crippen LogP contribution >= 0.6 is 11.6 Å². The molecule has 1 N–H and O–H groups in total. The molecule has 0 bridgehead atoms. The van der Waals surface area contributed by atoms with Gasteiger partial charge in [-0.1, -0.05) is 23.7 Å². The fraction of sp³-hybridized carbons (Fsp3) is 0.500. The minimum atomic E-state index is -0.156. The van der Waals surface area contributed by atoms with E-state index in [-0.39, 0.29) is 12.2 Å². The third-order valence-corrected chi connectivity index (χ3v) is 3.20. The van der Waals surface area contributed by atoms with Gasteiger partial charge in [-0.15, -0.1) is 0 Å². The van der Waals surface area contributed by atoms with Crippen LogP contribution in [0.1, 0.15) is 24.0 Å². The van der Waals surface area contributed by atoms with Crippen LogP contribution in [0.25, 0.3) is 0 Å². The summed E-state index contributed by atoms with van der Waals surface area (Å²) >= 11 is 6.00. The van der Waals surface area contributed by atoms with Crippen molar-refractivity contribution in [3.8, 4) is 0 Å². The van der Waals surface area contributed by atoms with E-state index >= 15 is 0 Å². The smallest absolute Gasteiger partial charge is 0.0721 e. The van der Waals surface area contributed by atoms with Crippen molar-refractivity contribution in [1.29, 1.82) is 0 Å². The van der Waals surface area contributed by atoms with Gasteiger partial charge in [0.2, 0.25) is 0 Å². The second-order valence-electron chi connectivity index (χ2n) is 4.14. The lowest BCUT2D eigenvalue weighted by atomic mass is 9.92. The summed E-state index contributed by atoms with van der Waals surface area (Å²) < 4.78 is 5.61. The molecular formula is C12H15ClO2. The van der Waals surface area contributed by atoms with E-state index in [1.54, 1.807) is 0 Å². The fourth-order valence-electron chi connectivity index (χ4n) is 1.61. The van der Waals surface area contributed by atoms with Gasteiger partial charge in [0.05, 0.1) is 18.8 Å². The minimum absolute atomic E-state index is 0.156. The monoisotopic (exact) mass is 226 g/mol. The van der Waals surface area contributed by atoms with E-state index in [0.717, 1.165) is 29.0 Å². The predicted octanol–water partition coefficient (Wildman–Crippen LogP) is 2.69. The lowest BCUT2D eigenvalue weighted by Crippen LogP contribution is -2.35. The summed E-state index contributed by atoms with van der Waals surface area (Å²) in [7, 11) is 0. The summed E-state index contributed by atoms with van der Waals surface area (Å²) in [6.45, 7) is 2.56. The van der Waals surface area contributed by atoms with Gasteiger partial charge in [0.25, 0.3) is 0 Å². The molecule has 0 heterocycles. The van der Waals surface area contributed by atoms with Crippen LogP contribution < -0.4 is 0 Å². The second-order valence-corrected chi connectivity index (χ2v) is 4.55. The number of aliphatic hydroxyl groups is 1. The molecule has 0 unspecified atom stereocenters. The Morgan fingerprint density at radius 2 is 2.20 bits per heavy atom. The van der Waals surface area contributed by atoms with Gasteiger partial charge in [0.15, 0.2) is 0 Å². The lowest BCUT2D eigenvalue weighted by molar-refractivity contribution is -0.0778. The van der Waals surface area contributed by atoms with E-state index in [0.29, 0.717) is 6.61 Å². The molecule has 3 heteroatoms. The zero-order chi connectivity index (χ0) is 10.8. The summed E-state index contributed by atoms with van der Waals surface area (Å²) in [4.78, 5) is 0. The third-order valence-electron chi connectivity index (χ3n) is 2.79. The average Bonchev–Trinajstić information content (AvgIpc) is 2.16. The van der Waals surface area contributed by atoms with Crippen LogP contribution in [0.2, 0.25) is 5.02 Å². The molecule has 15 heavy (non-hydrogen) atoms.